The quantitative estimate of drug-likeness (QED) is 0.691. The summed E-state index contributed by atoms with van der Waals surface area (Å²) < 4.78 is 2.42. The van der Waals surface area contributed by atoms with E-state index < -0.39 is 0 Å². The van der Waals surface area contributed by atoms with Crippen LogP contribution in [0.2, 0.25) is 0 Å². The fraction of sp³-hybridized carbons (Fsp3) is 0.462. The van der Waals surface area contributed by atoms with Crippen LogP contribution in [0.5, 0.6) is 0 Å². The van der Waals surface area contributed by atoms with Gasteiger partial charge in [0.25, 0.3) is 0 Å². The molecule has 2 heteroatoms. The van der Waals surface area contributed by atoms with E-state index in [0.29, 0.717) is 5.92 Å². The maximum Gasteiger partial charge on any atom is 0.112 e. The number of para-hydroxylation sites is 1. The lowest BCUT2D eigenvalue weighted by atomic mass is 10.0. The molecule has 15 heavy (non-hydrogen) atoms. The van der Waals surface area contributed by atoms with E-state index in [1.165, 1.54) is 35.3 Å². The Morgan fingerprint density at radius 2 is 2.20 bits per heavy atom. The van der Waals surface area contributed by atoms with Crippen LogP contribution in [0.1, 0.15) is 37.6 Å². The molecule has 0 unspecified atom stereocenters. The summed E-state index contributed by atoms with van der Waals surface area (Å²) in [6, 6.07) is 6.50. The van der Waals surface area contributed by atoms with Crippen LogP contribution < -0.4 is 0 Å². The normalized spacial score (nSPS) is 15.1. The molecule has 1 aliphatic rings. The lowest BCUT2D eigenvalue weighted by Gasteiger charge is -2.17. The highest BCUT2D eigenvalue weighted by molar-refractivity contribution is 5.80. The van der Waals surface area contributed by atoms with Crippen LogP contribution >= 0.6 is 0 Å². The maximum atomic E-state index is 4.75. The van der Waals surface area contributed by atoms with Crippen molar-refractivity contribution in [2.24, 2.45) is 0 Å². The summed E-state index contributed by atoms with van der Waals surface area (Å²) in [5.74, 6) is 1.76. The van der Waals surface area contributed by atoms with E-state index >= 15 is 0 Å². The molecule has 0 atom stereocenters. The minimum absolute atomic E-state index is 0.517. The summed E-state index contributed by atoms with van der Waals surface area (Å²) in [4.78, 5) is 4.75. The molecular weight excluding hydrogens is 184 g/mol. The number of benzene rings is 1. The van der Waals surface area contributed by atoms with Crippen LogP contribution in [-0.4, -0.2) is 9.55 Å². The van der Waals surface area contributed by atoms with E-state index in [4.69, 9.17) is 4.98 Å². The fourth-order valence-electron chi connectivity index (χ4n) is 2.57. The highest BCUT2D eigenvalue weighted by Gasteiger charge is 2.18. The molecule has 1 aromatic heterocycles. The van der Waals surface area contributed by atoms with Gasteiger partial charge in [-0.2, -0.15) is 0 Å². The van der Waals surface area contributed by atoms with Gasteiger partial charge < -0.3 is 4.57 Å². The number of hydrogen-bond donors (Lipinski definition) is 0. The van der Waals surface area contributed by atoms with Crippen molar-refractivity contribution >= 4 is 11.0 Å². The Kier molecular flexibility index (Phi) is 1.84. The first-order chi connectivity index (χ1) is 7.27. The number of nitrogens with zero attached hydrogens (tertiary/aromatic N) is 2. The lowest BCUT2D eigenvalue weighted by molar-refractivity contribution is 0.584. The van der Waals surface area contributed by atoms with Gasteiger partial charge in [0.1, 0.15) is 5.82 Å². The van der Waals surface area contributed by atoms with E-state index in [1.807, 2.05) is 0 Å². The molecule has 0 N–H and O–H groups in total. The molecule has 0 amide bonds. The molecule has 0 saturated heterocycles. The topological polar surface area (TPSA) is 17.8 Å². The average molecular weight is 200 g/mol. The van der Waals surface area contributed by atoms with Crippen molar-refractivity contribution in [3.63, 3.8) is 0 Å². The van der Waals surface area contributed by atoms with Gasteiger partial charge in [-0.05, 0) is 24.5 Å². The summed E-state index contributed by atoms with van der Waals surface area (Å²) >= 11 is 0. The molecule has 1 aliphatic heterocycles. The smallest absolute Gasteiger partial charge is 0.112 e. The van der Waals surface area contributed by atoms with E-state index in [1.54, 1.807) is 0 Å². The van der Waals surface area contributed by atoms with Crippen LogP contribution in [0.15, 0.2) is 18.2 Å². The Balaban J connectivity index is 2.38. The van der Waals surface area contributed by atoms with Gasteiger partial charge in [0.2, 0.25) is 0 Å². The van der Waals surface area contributed by atoms with Crippen molar-refractivity contribution in [3.05, 3.63) is 29.6 Å². The minimum Gasteiger partial charge on any atom is -0.328 e. The Morgan fingerprint density at radius 3 is 3.00 bits per heavy atom. The third kappa shape index (κ3) is 1.21. The molecular formula is C13H16N2. The largest absolute Gasteiger partial charge is 0.328 e. The minimum atomic E-state index is 0.517. The van der Waals surface area contributed by atoms with Gasteiger partial charge in [-0.3, -0.25) is 0 Å². The zero-order valence-electron chi connectivity index (χ0n) is 9.33. The zero-order valence-corrected chi connectivity index (χ0v) is 9.33. The van der Waals surface area contributed by atoms with Gasteiger partial charge in [0.05, 0.1) is 11.0 Å². The average Bonchev–Trinajstić information content (AvgIpc) is 2.61. The number of aromatic nitrogens is 2. The molecule has 78 valence electrons. The van der Waals surface area contributed by atoms with Crippen molar-refractivity contribution < 1.29 is 0 Å². The van der Waals surface area contributed by atoms with Crippen LogP contribution in [0, 0.1) is 0 Å². The first kappa shape index (κ1) is 8.96. The van der Waals surface area contributed by atoms with Crippen LogP contribution in [0.3, 0.4) is 0 Å². The van der Waals surface area contributed by atoms with Crippen molar-refractivity contribution in [2.75, 3.05) is 0 Å². The number of rotatable bonds is 1. The monoisotopic (exact) mass is 200 g/mol. The van der Waals surface area contributed by atoms with Gasteiger partial charge >= 0.3 is 0 Å². The van der Waals surface area contributed by atoms with E-state index in [2.05, 4.69) is 36.6 Å². The molecule has 0 spiro atoms. The molecule has 2 aromatic rings. The molecule has 0 fully saturated rings. The third-order valence-electron chi connectivity index (χ3n) is 3.22. The van der Waals surface area contributed by atoms with E-state index in [9.17, 15) is 0 Å². The number of hydrogen-bond acceptors (Lipinski definition) is 1. The summed E-state index contributed by atoms with van der Waals surface area (Å²) in [6.07, 6.45) is 2.46. The molecule has 0 aliphatic carbocycles. The summed E-state index contributed by atoms with van der Waals surface area (Å²) in [7, 11) is 0. The van der Waals surface area contributed by atoms with Crippen molar-refractivity contribution in [1.82, 2.24) is 9.55 Å². The van der Waals surface area contributed by atoms with Gasteiger partial charge in [0, 0.05) is 12.5 Å². The molecule has 2 heterocycles. The predicted molar refractivity (Wildman–Crippen MR) is 62.1 cm³/mol. The van der Waals surface area contributed by atoms with Crippen molar-refractivity contribution in [2.45, 2.75) is 39.2 Å². The van der Waals surface area contributed by atoms with Gasteiger partial charge in [-0.1, -0.05) is 26.0 Å². The van der Waals surface area contributed by atoms with Crippen LogP contribution in [0.25, 0.3) is 11.0 Å². The Bertz CT molecular complexity index is 508. The second kappa shape index (κ2) is 3.09. The highest BCUT2D eigenvalue weighted by Crippen LogP contribution is 2.28. The molecule has 1 aromatic carbocycles. The van der Waals surface area contributed by atoms with Crippen molar-refractivity contribution in [1.29, 1.82) is 0 Å². The summed E-state index contributed by atoms with van der Waals surface area (Å²) in [5, 5.41) is 0. The second-order valence-corrected chi connectivity index (χ2v) is 4.66. The SMILES string of the molecule is CC(C)c1nc2cccc3c2n1CCC3. The molecule has 2 nitrogen and oxygen atoms in total. The van der Waals surface area contributed by atoms with E-state index in [0.717, 1.165) is 6.54 Å². The molecule has 3 rings (SSSR count). The standard InChI is InChI=1S/C13H16N2/c1-9(2)13-14-11-7-3-5-10-6-4-8-15(13)12(10)11/h3,5,7,9H,4,6,8H2,1-2H3. The fourth-order valence-corrected chi connectivity index (χ4v) is 2.57. The summed E-state index contributed by atoms with van der Waals surface area (Å²) in [5.41, 5.74) is 4.03. The Morgan fingerprint density at radius 1 is 1.33 bits per heavy atom. The number of imidazole rings is 1. The highest BCUT2D eigenvalue weighted by atomic mass is 15.1. The Hall–Kier alpha value is -1.31. The Labute approximate surface area is 89.9 Å². The van der Waals surface area contributed by atoms with Gasteiger partial charge in [-0.15, -0.1) is 0 Å². The second-order valence-electron chi connectivity index (χ2n) is 4.66. The summed E-state index contributed by atoms with van der Waals surface area (Å²) in [6.45, 7) is 5.58. The van der Waals surface area contributed by atoms with Gasteiger partial charge in [-0.25, -0.2) is 4.98 Å². The van der Waals surface area contributed by atoms with Crippen molar-refractivity contribution in [3.8, 4) is 0 Å². The van der Waals surface area contributed by atoms with Gasteiger partial charge in [0.15, 0.2) is 0 Å². The number of aryl methyl sites for hydroxylation is 2. The first-order valence-corrected chi connectivity index (χ1v) is 5.75. The molecule has 0 radical (unpaired) electrons. The molecule has 0 bridgehead atoms. The van der Waals surface area contributed by atoms with Crippen LogP contribution in [-0.2, 0) is 13.0 Å². The predicted octanol–water partition coefficient (Wildman–Crippen LogP) is 3.11. The lowest BCUT2D eigenvalue weighted by Crippen LogP contribution is -2.11. The molecule has 0 saturated carbocycles. The first-order valence-electron chi connectivity index (χ1n) is 5.75. The maximum absolute atomic E-state index is 4.75. The van der Waals surface area contributed by atoms with Crippen LogP contribution in [0.4, 0.5) is 0 Å². The third-order valence-corrected chi connectivity index (χ3v) is 3.22. The van der Waals surface area contributed by atoms with E-state index in [-0.39, 0.29) is 0 Å². The zero-order chi connectivity index (χ0) is 10.4.